The van der Waals surface area contributed by atoms with Crippen LogP contribution < -0.4 is 16.2 Å². The Morgan fingerprint density at radius 3 is 2.61 bits per heavy atom. The van der Waals surface area contributed by atoms with E-state index in [0.717, 1.165) is 33.5 Å². The Morgan fingerprint density at radius 1 is 1.30 bits per heavy atom. The highest BCUT2D eigenvalue weighted by molar-refractivity contribution is 7.21. The molecule has 0 aliphatic heterocycles. The van der Waals surface area contributed by atoms with Gasteiger partial charge in [-0.2, -0.15) is 0 Å². The molecule has 0 saturated heterocycles. The van der Waals surface area contributed by atoms with Gasteiger partial charge >= 0.3 is 6.09 Å². The van der Waals surface area contributed by atoms with Crippen LogP contribution in [0.2, 0.25) is 0 Å². The van der Waals surface area contributed by atoms with E-state index in [2.05, 4.69) is 24.0 Å². The van der Waals surface area contributed by atoms with Gasteiger partial charge in [-0.25, -0.2) is 9.78 Å². The molecule has 1 aromatic carbocycles. The molecule has 0 bridgehead atoms. The Balaban J connectivity index is 2.19. The van der Waals surface area contributed by atoms with Crippen molar-refractivity contribution in [1.29, 1.82) is 0 Å². The topological polar surface area (TPSA) is 91.2 Å². The zero-order valence-corrected chi connectivity index (χ0v) is 13.7. The number of benzene rings is 1. The second kappa shape index (κ2) is 5.89. The number of pyridine rings is 1. The molecule has 0 unspecified atom stereocenters. The summed E-state index contributed by atoms with van der Waals surface area (Å²) in [6.07, 6.45) is -0.0745. The summed E-state index contributed by atoms with van der Waals surface area (Å²) in [6, 6.07) is 10.2. The standard InChI is InChI=1S/C17H17N3O2S/c1-3-10-8-12(11-6-4-9(2)5-7-11)20-15-13(10)14(18)16(23-15)22-17(19)21/h4-8H,3,18H2,1-2H3,(H2,19,21). The maximum atomic E-state index is 11.0. The monoisotopic (exact) mass is 327 g/mol. The van der Waals surface area contributed by atoms with Crippen molar-refractivity contribution in [2.45, 2.75) is 20.3 Å². The third-order valence-electron chi connectivity index (χ3n) is 3.67. The van der Waals surface area contributed by atoms with Gasteiger partial charge in [-0.05, 0) is 25.0 Å². The molecule has 0 atom stereocenters. The number of carbonyl (C=O) groups is 1. The normalized spacial score (nSPS) is 10.9. The predicted octanol–water partition coefficient (Wildman–Crippen LogP) is 3.87. The lowest BCUT2D eigenvalue weighted by molar-refractivity contribution is 0.212. The van der Waals surface area contributed by atoms with Crippen LogP contribution in [0, 0.1) is 6.92 Å². The van der Waals surface area contributed by atoms with Crippen LogP contribution in [-0.4, -0.2) is 11.1 Å². The van der Waals surface area contributed by atoms with Crippen molar-refractivity contribution in [2.75, 3.05) is 5.73 Å². The van der Waals surface area contributed by atoms with Crippen LogP contribution in [0.5, 0.6) is 5.06 Å². The summed E-state index contributed by atoms with van der Waals surface area (Å²) < 4.78 is 4.98. The van der Waals surface area contributed by atoms with E-state index in [1.54, 1.807) is 0 Å². The van der Waals surface area contributed by atoms with Gasteiger partial charge in [0.05, 0.1) is 11.4 Å². The van der Waals surface area contributed by atoms with Crippen LogP contribution >= 0.6 is 11.3 Å². The summed E-state index contributed by atoms with van der Waals surface area (Å²) in [4.78, 5) is 16.4. The lowest BCUT2D eigenvalue weighted by Gasteiger charge is -2.06. The van der Waals surface area contributed by atoms with E-state index in [4.69, 9.17) is 16.2 Å². The highest BCUT2D eigenvalue weighted by Crippen LogP contribution is 2.42. The number of aryl methyl sites for hydroxylation is 2. The molecule has 4 N–H and O–H groups in total. The molecule has 2 aromatic heterocycles. The van der Waals surface area contributed by atoms with E-state index >= 15 is 0 Å². The molecule has 0 radical (unpaired) electrons. The van der Waals surface area contributed by atoms with Crippen LogP contribution in [0.4, 0.5) is 10.5 Å². The van der Waals surface area contributed by atoms with Crippen LogP contribution in [-0.2, 0) is 6.42 Å². The van der Waals surface area contributed by atoms with Gasteiger partial charge in [-0.1, -0.05) is 48.1 Å². The molecule has 3 rings (SSSR count). The van der Waals surface area contributed by atoms with E-state index in [9.17, 15) is 4.79 Å². The molecule has 0 spiro atoms. The van der Waals surface area contributed by atoms with Crippen LogP contribution in [0.25, 0.3) is 21.5 Å². The van der Waals surface area contributed by atoms with Crippen molar-refractivity contribution in [2.24, 2.45) is 5.73 Å². The number of ether oxygens (including phenoxy) is 1. The molecule has 0 saturated carbocycles. The van der Waals surface area contributed by atoms with Gasteiger partial charge in [0.25, 0.3) is 0 Å². The minimum absolute atomic E-state index is 0.302. The van der Waals surface area contributed by atoms with Crippen LogP contribution in [0.1, 0.15) is 18.1 Å². The Kier molecular flexibility index (Phi) is 3.92. The number of amides is 1. The van der Waals surface area contributed by atoms with E-state index in [0.29, 0.717) is 10.8 Å². The average molecular weight is 327 g/mol. The lowest BCUT2D eigenvalue weighted by atomic mass is 10.0. The van der Waals surface area contributed by atoms with Gasteiger partial charge in [0, 0.05) is 10.9 Å². The summed E-state index contributed by atoms with van der Waals surface area (Å²) >= 11 is 1.23. The van der Waals surface area contributed by atoms with Crippen molar-refractivity contribution >= 4 is 33.3 Å². The smallest absolute Gasteiger partial charge is 0.397 e. The largest absolute Gasteiger partial charge is 0.410 e. The molecule has 118 valence electrons. The Hall–Kier alpha value is -2.60. The Morgan fingerprint density at radius 2 is 2.00 bits per heavy atom. The van der Waals surface area contributed by atoms with E-state index in [1.807, 2.05) is 25.1 Å². The molecule has 23 heavy (non-hydrogen) atoms. The zero-order valence-electron chi connectivity index (χ0n) is 12.9. The second-order valence-electron chi connectivity index (χ2n) is 5.29. The number of aromatic nitrogens is 1. The number of thiophene rings is 1. The Labute approximate surface area is 137 Å². The first-order valence-electron chi connectivity index (χ1n) is 7.25. The van der Waals surface area contributed by atoms with Gasteiger partial charge in [0.2, 0.25) is 5.06 Å². The number of carbonyl (C=O) groups excluding carboxylic acids is 1. The first kappa shape index (κ1) is 15.3. The molecule has 0 fully saturated rings. The first-order chi connectivity index (χ1) is 11.0. The van der Waals surface area contributed by atoms with E-state index in [1.165, 1.54) is 16.9 Å². The molecule has 0 aliphatic rings. The van der Waals surface area contributed by atoms with Gasteiger partial charge in [-0.15, -0.1) is 0 Å². The highest BCUT2D eigenvalue weighted by Gasteiger charge is 2.18. The lowest BCUT2D eigenvalue weighted by Crippen LogP contribution is -2.16. The summed E-state index contributed by atoms with van der Waals surface area (Å²) in [5.41, 5.74) is 15.8. The first-order valence-corrected chi connectivity index (χ1v) is 8.07. The number of primary amides is 1. The second-order valence-corrected chi connectivity index (χ2v) is 6.25. The van der Waals surface area contributed by atoms with Crippen molar-refractivity contribution in [3.8, 4) is 16.3 Å². The summed E-state index contributed by atoms with van der Waals surface area (Å²) in [5, 5.41) is 1.14. The molecular weight excluding hydrogens is 310 g/mol. The quantitative estimate of drug-likeness (QED) is 0.764. The highest BCUT2D eigenvalue weighted by atomic mass is 32.1. The Bertz CT molecular complexity index is 885. The fourth-order valence-electron chi connectivity index (χ4n) is 2.50. The number of hydrogen-bond donors (Lipinski definition) is 2. The van der Waals surface area contributed by atoms with E-state index < -0.39 is 6.09 Å². The van der Waals surface area contributed by atoms with Crippen molar-refractivity contribution in [3.63, 3.8) is 0 Å². The number of fused-ring (bicyclic) bond motifs is 1. The molecular formula is C17H17N3O2S. The molecule has 6 heteroatoms. The van der Waals surface area contributed by atoms with Gasteiger partial charge < -0.3 is 16.2 Å². The SMILES string of the molecule is CCc1cc(-c2ccc(C)cc2)nc2sc(OC(N)=O)c(N)c12. The van der Waals surface area contributed by atoms with Crippen LogP contribution in [0.3, 0.4) is 0 Å². The molecule has 1 amide bonds. The number of nitrogens with zero attached hydrogens (tertiary/aromatic N) is 1. The van der Waals surface area contributed by atoms with Gasteiger partial charge in [0.15, 0.2) is 0 Å². The maximum Gasteiger partial charge on any atom is 0.410 e. The summed E-state index contributed by atoms with van der Waals surface area (Å²) in [7, 11) is 0. The molecule has 0 aliphatic carbocycles. The number of rotatable bonds is 3. The molecule has 2 heterocycles. The third-order valence-corrected chi connectivity index (χ3v) is 4.65. The van der Waals surface area contributed by atoms with Crippen molar-refractivity contribution in [3.05, 3.63) is 41.5 Å². The third kappa shape index (κ3) is 2.85. The minimum atomic E-state index is -0.875. The fourth-order valence-corrected chi connectivity index (χ4v) is 3.50. The van der Waals surface area contributed by atoms with Gasteiger partial charge in [0.1, 0.15) is 4.83 Å². The fraction of sp³-hybridized carbons (Fsp3) is 0.176. The van der Waals surface area contributed by atoms with Gasteiger partial charge in [-0.3, -0.25) is 0 Å². The summed E-state index contributed by atoms with van der Waals surface area (Å²) in [6.45, 7) is 4.10. The number of nitrogens with two attached hydrogens (primary N) is 2. The van der Waals surface area contributed by atoms with Crippen molar-refractivity contribution < 1.29 is 9.53 Å². The van der Waals surface area contributed by atoms with E-state index in [-0.39, 0.29) is 0 Å². The van der Waals surface area contributed by atoms with Crippen molar-refractivity contribution in [1.82, 2.24) is 4.98 Å². The zero-order chi connectivity index (χ0) is 16.6. The number of nitrogen functional groups attached to an aromatic ring is 1. The summed E-state index contributed by atoms with van der Waals surface area (Å²) in [5.74, 6) is 0. The maximum absolute atomic E-state index is 11.0. The van der Waals surface area contributed by atoms with Crippen LogP contribution in [0.15, 0.2) is 30.3 Å². The minimum Gasteiger partial charge on any atom is -0.397 e. The number of hydrogen-bond acceptors (Lipinski definition) is 5. The molecule has 5 nitrogen and oxygen atoms in total. The predicted molar refractivity (Wildman–Crippen MR) is 93.8 cm³/mol. The number of anilines is 1. The average Bonchev–Trinajstić information content (AvgIpc) is 2.82. The molecule has 3 aromatic rings.